The molecule has 2 N–H and O–H groups in total. The van der Waals surface area contributed by atoms with E-state index in [1.807, 2.05) is 58.9 Å². The third kappa shape index (κ3) is 4.37. The Bertz CT molecular complexity index is 741. The summed E-state index contributed by atoms with van der Waals surface area (Å²) in [6.45, 7) is 10.3. The first-order valence-electron chi connectivity index (χ1n) is 8.36. The minimum absolute atomic E-state index is 0.0330. The first-order chi connectivity index (χ1) is 11.2. The van der Waals surface area contributed by atoms with Gasteiger partial charge >= 0.3 is 0 Å². The van der Waals surface area contributed by atoms with Crippen LogP contribution in [0.15, 0.2) is 24.3 Å². The smallest absolute Gasteiger partial charge is 0.240 e. The number of aromatic nitrogens is 1. The molecule has 2 aromatic rings. The van der Waals surface area contributed by atoms with Crippen LogP contribution >= 0.6 is 0 Å². The molecule has 1 aromatic heterocycles. The number of amides is 2. The van der Waals surface area contributed by atoms with Crippen LogP contribution in [0.4, 0.5) is 0 Å². The minimum Gasteiger partial charge on any atom is -0.358 e. The van der Waals surface area contributed by atoms with E-state index >= 15 is 0 Å². The van der Waals surface area contributed by atoms with Crippen LogP contribution in [0, 0.1) is 6.92 Å². The van der Waals surface area contributed by atoms with Crippen molar-refractivity contribution in [3.63, 3.8) is 0 Å². The first kappa shape index (κ1) is 18.0. The Morgan fingerprint density at radius 3 is 2.50 bits per heavy atom. The van der Waals surface area contributed by atoms with Crippen LogP contribution in [0.1, 0.15) is 39.0 Å². The Hall–Kier alpha value is -2.30. The molecule has 0 atom stereocenters. The molecule has 2 rings (SSSR count). The zero-order valence-corrected chi connectivity index (χ0v) is 15.2. The SMILES string of the molecule is CCN(CC(=O)NC(C)(C)C)C(=O)Cc1c(C)[nH]c2ccccc12. The molecule has 24 heavy (non-hydrogen) atoms. The van der Waals surface area contributed by atoms with E-state index in [4.69, 9.17) is 0 Å². The van der Waals surface area contributed by atoms with Gasteiger partial charge in [0.2, 0.25) is 11.8 Å². The van der Waals surface area contributed by atoms with Crippen molar-refractivity contribution in [2.45, 2.75) is 46.6 Å². The molecule has 0 bridgehead atoms. The molecule has 0 spiro atoms. The first-order valence-corrected chi connectivity index (χ1v) is 8.36. The summed E-state index contributed by atoms with van der Waals surface area (Å²) in [7, 11) is 0. The number of para-hydroxylation sites is 1. The van der Waals surface area contributed by atoms with Crippen LogP contribution in [0.3, 0.4) is 0 Å². The predicted octanol–water partition coefficient (Wildman–Crippen LogP) is 2.78. The topological polar surface area (TPSA) is 65.2 Å². The highest BCUT2D eigenvalue weighted by Gasteiger charge is 2.21. The maximum absolute atomic E-state index is 12.7. The van der Waals surface area contributed by atoms with Crippen LogP contribution in [0.2, 0.25) is 0 Å². The van der Waals surface area contributed by atoms with E-state index in [0.717, 1.165) is 22.2 Å². The van der Waals surface area contributed by atoms with Gasteiger partial charge in [-0.15, -0.1) is 0 Å². The molecule has 0 radical (unpaired) electrons. The Morgan fingerprint density at radius 2 is 1.88 bits per heavy atom. The highest BCUT2D eigenvalue weighted by molar-refractivity contribution is 5.91. The number of aromatic amines is 1. The van der Waals surface area contributed by atoms with Crippen molar-refractivity contribution in [1.29, 1.82) is 0 Å². The van der Waals surface area contributed by atoms with Crippen molar-refractivity contribution >= 4 is 22.7 Å². The van der Waals surface area contributed by atoms with E-state index < -0.39 is 0 Å². The average molecular weight is 329 g/mol. The van der Waals surface area contributed by atoms with E-state index in [0.29, 0.717) is 13.0 Å². The second-order valence-electron chi connectivity index (χ2n) is 7.16. The Labute approximate surface area is 143 Å². The number of hydrogen-bond acceptors (Lipinski definition) is 2. The summed E-state index contributed by atoms with van der Waals surface area (Å²) in [5.41, 5.74) is 2.74. The van der Waals surface area contributed by atoms with Crippen molar-refractivity contribution < 1.29 is 9.59 Å². The number of rotatable bonds is 5. The number of H-pyrrole nitrogens is 1. The van der Waals surface area contributed by atoms with Gasteiger partial charge in [-0.2, -0.15) is 0 Å². The van der Waals surface area contributed by atoms with Gasteiger partial charge in [-0.3, -0.25) is 9.59 Å². The largest absolute Gasteiger partial charge is 0.358 e. The van der Waals surface area contributed by atoms with Gasteiger partial charge in [-0.1, -0.05) is 18.2 Å². The van der Waals surface area contributed by atoms with Crippen molar-refractivity contribution in [1.82, 2.24) is 15.2 Å². The molecule has 0 aliphatic carbocycles. The molecule has 0 saturated heterocycles. The summed E-state index contributed by atoms with van der Waals surface area (Å²) in [4.78, 5) is 29.7. The highest BCUT2D eigenvalue weighted by atomic mass is 16.2. The maximum atomic E-state index is 12.7. The number of benzene rings is 1. The monoisotopic (exact) mass is 329 g/mol. The summed E-state index contributed by atoms with van der Waals surface area (Å²) in [5, 5.41) is 3.97. The summed E-state index contributed by atoms with van der Waals surface area (Å²) in [5.74, 6) is -0.164. The lowest BCUT2D eigenvalue weighted by molar-refractivity contribution is -0.135. The van der Waals surface area contributed by atoms with Crippen LogP contribution in [0.5, 0.6) is 0 Å². The summed E-state index contributed by atoms with van der Waals surface area (Å²) in [6.07, 6.45) is 0.298. The van der Waals surface area contributed by atoms with Crippen molar-refractivity contribution in [2.75, 3.05) is 13.1 Å². The van der Waals surface area contributed by atoms with E-state index in [2.05, 4.69) is 10.3 Å². The summed E-state index contributed by atoms with van der Waals surface area (Å²) >= 11 is 0. The summed E-state index contributed by atoms with van der Waals surface area (Å²) in [6, 6.07) is 7.96. The number of fused-ring (bicyclic) bond motifs is 1. The molecular formula is C19H27N3O2. The zero-order chi connectivity index (χ0) is 17.9. The molecule has 0 fully saturated rings. The van der Waals surface area contributed by atoms with Crippen LogP contribution in [-0.2, 0) is 16.0 Å². The Morgan fingerprint density at radius 1 is 1.21 bits per heavy atom. The van der Waals surface area contributed by atoms with E-state index in [1.165, 1.54) is 0 Å². The second-order valence-corrected chi connectivity index (χ2v) is 7.16. The molecule has 1 heterocycles. The second kappa shape index (κ2) is 7.07. The van der Waals surface area contributed by atoms with E-state index in [-0.39, 0.29) is 23.9 Å². The minimum atomic E-state index is -0.299. The zero-order valence-electron chi connectivity index (χ0n) is 15.2. The van der Waals surface area contributed by atoms with Crippen molar-refractivity contribution in [3.8, 4) is 0 Å². The highest BCUT2D eigenvalue weighted by Crippen LogP contribution is 2.22. The van der Waals surface area contributed by atoms with Crippen molar-refractivity contribution in [3.05, 3.63) is 35.5 Å². The average Bonchev–Trinajstić information content (AvgIpc) is 2.79. The Kier molecular flexibility index (Phi) is 5.32. The van der Waals surface area contributed by atoms with E-state index in [9.17, 15) is 9.59 Å². The number of hydrogen-bond donors (Lipinski definition) is 2. The quantitative estimate of drug-likeness (QED) is 0.886. The molecule has 0 aliphatic rings. The van der Waals surface area contributed by atoms with Gasteiger partial charge in [0.15, 0.2) is 0 Å². The molecular weight excluding hydrogens is 302 g/mol. The van der Waals surface area contributed by atoms with Gasteiger partial charge in [-0.25, -0.2) is 0 Å². The van der Waals surface area contributed by atoms with Crippen LogP contribution in [-0.4, -0.2) is 40.3 Å². The van der Waals surface area contributed by atoms with Gasteiger partial charge in [0.05, 0.1) is 13.0 Å². The lowest BCUT2D eigenvalue weighted by atomic mass is 10.1. The number of nitrogens with one attached hydrogen (secondary N) is 2. The van der Waals surface area contributed by atoms with Gasteiger partial charge in [0, 0.05) is 28.7 Å². The van der Waals surface area contributed by atoms with Gasteiger partial charge in [-0.05, 0) is 46.2 Å². The van der Waals surface area contributed by atoms with Crippen LogP contribution in [0.25, 0.3) is 10.9 Å². The molecule has 0 aliphatic heterocycles. The fourth-order valence-electron chi connectivity index (χ4n) is 2.83. The number of nitrogens with zero attached hydrogens (tertiary/aromatic N) is 1. The number of carbonyl (C=O) groups excluding carboxylic acids is 2. The number of likely N-dealkylation sites (N-methyl/N-ethyl adjacent to an activating group) is 1. The standard InChI is InChI=1S/C19H27N3O2/c1-6-22(12-17(23)21-19(3,4)5)18(24)11-15-13(2)20-16-10-8-7-9-14(15)16/h7-10,20H,6,11-12H2,1-5H3,(H,21,23). The summed E-state index contributed by atoms with van der Waals surface area (Å²) < 4.78 is 0. The van der Waals surface area contributed by atoms with Gasteiger partial charge in [0.1, 0.15) is 0 Å². The molecule has 0 unspecified atom stereocenters. The van der Waals surface area contributed by atoms with Gasteiger partial charge < -0.3 is 15.2 Å². The fourth-order valence-corrected chi connectivity index (χ4v) is 2.83. The van der Waals surface area contributed by atoms with Crippen molar-refractivity contribution in [2.24, 2.45) is 0 Å². The molecule has 5 heteroatoms. The number of carbonyl (C=O) groups is 2. The maximum Gasteiger partial charge on any atom is 0.240 e. The van der Waals surface area contributed by atoms with Gasteiger partial charge in [0.25, 0.3) is 0 Å². The molecule has 2 amide bonds. The molecule has 1 aromatic carbocycles. The fraction of sp³-hybridized carbons (Fsp3) is 0.474. The number of aryl methyl sites for hydroxylation is 1. The molecule has 0 saturated carbocycles. The predicted molar refractivity (Wildman–Crippen MR) is 96.9 cm³/mol. The third-order valence-electron chi connectivity index (χ3n) is 3.94. The lowest BCUT2D eigenvalue weighted by Gasteiger charge is -2.25. The van der Waals surface area contributed by atoms with E-state index in [1.54, 1.807) is 4.90 Å². The van der Waals surface area contributed by atoms with Crippen LogP contribution < -0.4 is 5.32 Å². The normalized spacial score (nSPS) is 11.5. The molecule has 5 nitrogen and oxygen atoms in total. The third-order valence-corrected chi connectivity index (χ3v) is 3.94. The Balaban J connectivity index is 2.11. The molecule has 130 valence electrons. The lowest BCUT2D eigenvalue weighted by Crippen LogP contribution is -2.47.